The molecule has 0 radical (unpaired) electrons. The second kappa shape index (κ2) is 6.29. The number of hydrogen-bond donors (Lipinski definition) is 2. The first-order chi connectivity index (χ1) is 9.87. The van der Waals surface area contributed by atoms with E-state index in [-0.39, 0.29) is 35.8 Å². The van der Waals surface area contributed by atoms with Crippen molar-refractivity contribution in [3.8, 4) is 0 Å². The Bertz CT molecular complexity index is 421. The molecule has 1 heterocycles. The van der Waals surface area contributed by atoms with Crippen molar-refractivity contribution in [2.45, 2.75) is 77.0 Å². The Morgan fingerprint density at radius 2 is 1.82 bits per heavy atom. The van der Waals surface area contributed by atoms with Crippen molar-refractivity contribution >= 4 is 18.3 Å². The van der Waals surface area contributed by atoms with Gasteiger partial charge in [0.15, 0.2) is 0 Å². The van der Waals surface area contributed by atoms with Crippen LogP contribution in [0.4, 0.5) is 0 Å². The maximum atomic E-state index is 12.9. The van der Waals surface area contributed by atoms with Gasteiger partial charge >= 0.3 is 0 Å². The Morgan fingerprint density at radius 3 is 2.45 bits per heavy atom. The van der Waals surface area contributed by atoms with Crippen LogP contribution >= 0.6 is 12.4 Å². The van der Waals surface area contributed by atoms with E-state index in [0.29, 0.717) is 6.04 Å². The molecule has 3 fully saturated rings. The Morgan fingerprint density at radius 1 is 1.18 bits per heavy atom. The lowest BCUT2D eigenvalue weighted by molar-refractivity contribution is -0.225. The second-order valence-electron chi connectivity index (χ2n) is 8.06. The topological polar surface area (TPSA) is 64.4 Å². The van der Waals surface area contributed by atoms with E-state index in [1.54, 1.807) is 0 Å². The lowest BCUT2D eigenvalue weighted by Gasteiger charge is -2.65. The van der Waals surface area contributed by atoms with Gasteiger partial charge in [-0.05, 0) is 44.4 Å². The summed E-state index contributed by atoms with van der Waals surface area (Å²) in [6.45, 7) is 7.27. The standard InChI is InChI=1S/C17H30N2O2.ClH/c1-11-6-8-12(9-7-11)19-15(20)17(18)13-5-4-10-21-14(13)16(17,2)3;/h11-14H,4-10,18H2,1-3H3,(H,19,20);1H. The number of carbonyl (C=O) groups is 1. The SMILES string of the molecule is CC1CCC(NC(=O)C2(N)C3CCCOC3C2(C)C)CC1.Cl. The van der Waals surface area contributed by atoms with Crippen LogP contribution in [0.25, 0.3) is 0 Å². The molecule has 3 unspecified atom stereocenters. The molecule has 0 aromatic carbocycles. The zero-order valence-electron chi connectivity index (χ0n) is 14.1. The third kappa shape index (κ3) is 2.57. The predicted octanol–water partition coefficient (Wildman–Crippen LogP) is 2.64. The van der Waals surface area contributed by atoms with Crippen molar-refractivity contribution in [2.24, 2.45) is 23.0 Å². The molecular formula is C17H31ClN2O2. The van der Waals surface area contributed by atoms with Gasteiger partial charge < -0.3 is 15.8 Å². The van der Waals surface area contributed by atoms with Crippen LogP contribution in [-0.4, -0.2) is 30.2 Å². The predicted molar refractivity (Wildman–Crippen MR) is 90.0 cm³/mol. The number of carbonyl (C=O) groups excluding carboxylic acids is 1. The number of fused-ring (bicyclic) bond motifs is 1. The second-order valence-corrected chi connectivity index (χ2v) is 8.06. The summed E-state index contributed by atoms with van der Waals surface area (Å²) in [4.78, 5) is 12.9. The van der Waals surface area contributed by atoms with E-state index >= 15 is 0 Å². The summed E-state index contributed by atoms with van der Waals surface area (Å²) < 4.78 is 5.88. The third-order valence-electron chi connectivity index (χ3n) is 6.41. The Kier molecular flexibility index (Phi) is 5.15. The average Bonchev–Trinajstić information content (AvgIpc) is 2.48. The van der Waals surface area contributed by atoms with Crippen molar-refractivity contribution in [3.05, 3.63) is 0 Å². The largest absolute Gasteiger partial charge is 0.377 e. The van der Waals surface area contributed by atoms with Crippen LogP contribution in [0, 0.1) is 17.3 Å². The van der Waals surface area contributed by atoms with E-state index in [1.807, 2.05) is 0 Å². The van der Waals surface area contributed by atoms with Gasteiger partial charge in [-0.2, -0.15) is 0 Å². The quantitative estimate of drug-likeness (QED) is 0.818. The van der Waals surface area contributed by atoms with Gasteiger partial charge in [0.25, 0.3) is 0 Å². The molecule has 0 aromatic rings. The molecule has 4 nitrogen and oxygen atoms in total. The minimum Gasteiger partial charge on any atom is -0.377 e. The molecule has 1 amide bonds. The first kappa shape index (κ1) is 18.0. The van der Waals surface area contributed by atoms with E-state index in [9.17, 15) is 4.79 Å². The zero-order chi connectivity index (χ0) is 15.3. The van der Waals surface area contributed by atoms with Gasteiger partial charge in [-0.1, -0.05) is 20.8 Å². The summed E-state index contributed by atoms with van der Waals surface area (Å²) in [7, 11) is 0. The van der Waals surface area contributed by atoms with Crippen LogP contribution in [0.2, 0.25) is 0 Å². The van der Waals surface area contributed by atoms with Crippen molar-refractivity contribution < 1.29 is 9.53 Å². The Labute approximate surface area is 140 Å². The third-order valence-corrected chi connectivity index (χ3v) is 6.41. The van der Waals surface area contributed by atoms with Gasteiger partial charge in [-0.25, -0.2) is 0 Å². The molecule has 3 atom stereocenters. The zero-order valence-corrected chi connectivity index (χ0v) is 14.9. The number of ether oxygens (including phenoxy) is 1. The molecule has 128 valence electrons. The summed E-state index contributed by atoms with van der Waals surface area (Å²) in [5, 5.41) is 3.25. The fraction of sp³-hybridized carbons (Fsp3) is 0.941. The van der Waals surface area contributed by atoms with Crippen molar-refractivity contribution in [1.82, 2.24) is 5.32 Å². The Hall–Kier alpha value is -0.320. The minimum atomic E-state index is -0.763. The molecule has 3 rings (SSSR count). The van der Waals surface area contributed by atoms with Gasteiger partial charge in [0, 0.05) is 24.0 Å². The fourth-order valence-electron chi connectivity index (χ4n) is 4.75. The molecule has 3 N–H and O–H groups in total. The highest BCUT2D eigenvalue weighted by Crippen LogP contribution is 2.57. The normalized spacial score (nSPS) is 43.3. The first-order valence-corrected chi connectivity index (χ1v) is 8.59. The van der Waals surface area contributed by atoms with Crippen molar-refractivity contribution in [2.75, 3.05) is 6.61 Å². The van der Waals surface area contributed by atoms with E-state index in [0.717, 1.165) is 38.2 Å². The van der Waals surface area contributed by atoms with Gasteiger partial charge in [0.2, 0.25) is 5.91 Å². The maximum absolute atomic E-state index is 12.9. The van der Waals surface area contributed by atoms with E-state index in [1.165, 1.54) is 12.8 Å². The lowest BCUT2D eigenvalue weighted by atomic mass is 9.46. The minimum absolute atomic E-state index is 0. The van der Waals surface area contributed by atoms with Crippen LogP contribution in [0.15, 0.2) is 0 Å². The van der Waals surface area contributed by atoms with E-state index in [2.05, 4.69) is 26.1 Å². The van der Waals surface area contributed by atoms with E-state index in [4.69, 9.17) is 10.5 Å². The molecular weight excluding hydrogens is 300 g/mol. The molecule has 2 aliphatic carbocycles. The number of amides is 1. The van der Waals surface area contributed by atoms with Crippen LogP contribution in [0.3, 0.4) is 0 Å². The highest BCUT2D eigenvalue weighted by molar-refractivity contribution is 5.89. The summed E-state index contributed by atoms with van der Waals surface area (Å²) >= 11 is 0. The van der Waals surface area contributed by atoms with Crippen LogP contribution in [-0.2, 0) is 9.53 Å². The molecule has 5 heteroatoms. The van der Waals surface area contributed by atoms with Gasteiger partial charge in [-0.3, -0.25) is 4.79 Å². The summed E-state index contributed by atoms with van der Waals surface area (Å²) in [5.74, 6) is 1.03. The van der Waals surface area contributed by atoms with Crippen molar-refractivity contribution in [1.29, 1.82) is 0 Å². The van der Waals surface area contributed by atoms with Crippen molar-refractivity contribution in [3.63, 3.8) is 0 Å². The summed E-state index contributed by atoms with van der Waals surface area (Å²) in [5.41, 5.74) is 5.59. The number of rotatable bonds is 2. The van der Waals surface area contributed by atoms with E-state index < -0.39 is 5.54 Å². The smallest absolute Gasteiger partial charge is 0.241 e. The summed E-state index contributed by atoms with van der Waals surface area (Å²) in [6.07, 6.45) is 6.78. The summed E-state index contributed by atoms with van der Waals surface area (Å²) in [6, 6.07) is 0.313. The maximum Gasteiger partial charge on any atom is 0.241 e. The molecule has 22 heavy (non-hydrogen) atoms. The van der Waals surface area contributed by atoms with Gasteiger partial charge in [0.05, 0.1) is 6.10 Å². The highest BCUT2D eigenvalue weighted by Gasteiger charge is 2.70. The molecule has 1 saturated heterocycles. The molecule has 0 spiro atoms. The number of nitrogens with two attached hydrogens (primary N) is 1. The van der Waals surface area contributed by atoms with Gasteiger partial charge in [-0.15, -0.1) is 12.4 Å². The fourth-order valence-corrected chi connectivity index (χ4v) is 4.75. The molecule has 2 saturated carbocycles. The van der Waals surface area contributed by atoms with Gasteiger partial charge in [0.1, 0.15) is 5.54 Å². The van der Waals surface area contributed by atoms with Crippen LogP contribution in [0.5, 0.6) is 0 Å². The highest BCUT2D eigenvalue weighted by atomic mass is 35.5. The number of halogens is 1. The first-order valence-electron chi connectivity index (χ1n) is 8.59. The average molecular weight is 331 g/mol. The van der Waals surface area contributed by atoms with Crippen LogP contribution < -0.4 is 11.1 Å². The molecule has 0 bridgehead atoms. The Balaban J connectivity index is 0.00000176. The molecule has 3 aliphatic rings. The van der Waals surface area contributed by atoms with Crippen LogP contribution in [0.1, 0.15) is 59.3 Å². The monoisotopic (exact) mass is 330 g/mol. The lowest BCUT2D eigenvalue weighted by Crippen LogP contribution is -2.82. The molecule has 1 aliphatic heterocycles. The molecule has 0 aromatic heterocycles. The number of hydrogen-bond acceptors (Lipinski definition) is 3. The number of nitrogens with one attached hydrogen (secondary N) is 1.